The number of aromatic nitrogens is 2. The summed E-state index contributed by atoms with van der Waals surface area (Å²) in [5, 5.41) is 5.66. The van der Waals surface area contributed by atoms with Crippen LogP contribution in [0.2, 0.25) is 0 Å². The molecule has 0 spiro atoms. The summed E-state index contributed by atoms with van der Waals surface area (Å²) in [6.07, 6.45) is -4.76. The van der Waals surface area contributed by atoms with Crippen LogP contribution in [-0.4, -0.2) is 9.55 Å². The van der Waals surface area contributed by atoms with Crippen LogP contribution in [0.15, 0.2) is 108 Å². The van der Waals surface area contributed by atoms with Crippen LogP contribution in [0, 0.1) is 0 Å². The van der Waals surface area contributed by atoms with Crippen molar-refractivity contribution in [3.63, 3.8) is 0 Å². The fourth-order valence-electron chi connectivity index (χ4n) is 4.01. The van der Waals surface area contributed by atoms with Gasteiger partial charge in [-0.05, 0) is 35.9 Å². The summed E-state index contributed by atoms with van der Waals surface area (Å²) < 4.78 is 44.1. The lowest BCUT2D eigenvalue weighted by atomic mass is 10.1. The lowest BCUT2D eigenvalue weighted by Gasteiger charge is -2.20. The summed E-state index contributed by atoms with van der Waals surface area (Å²) in [7, 11) is 0. The van der Waals surface area contributed by atoms with Crippen molar-refractivity contribution in [3.8, 4) is 5.69 Å². The van der Waals surface area contributed by atoms with Gasteiger partial charge in [0.1, 0.15) is 11.6 Å². The molecule has 0 saturated heterocycles. The number of hydrogen-bond donors (Lipinski definition) is 2. The van der Waals surface area contributed by atoms with Crippen LogP contribution in [0.5, 0.6) is 0 Å². The van der Waals surface area contributed by atoms with Crippen molar-refractivity contribution in [3.05, 3.63) is 124 Å². The van der Waals surface area contributed by atoms with Gasteiger partial charge in [0, 0.05) is 24.0 Å². The normalized spacial score (nSPS) is 11.4. The average molecular weight is 486 g/mol. The number of nitrogens with zero attached hydrogens (tertiary/aromatic N) is 2. The number of pyridine rings is 2. The number of anilines is 3. The Morgan fingerprint density at radius 3 is 2.06 bits per heavy atom. The van der Waals surface area contributed by atoms with Crippen molar-refractivity contribution >= 4 is 28.4 Å². The van der Waals surface area contributed by atoms with Crippen LogP contribution in [0.1, 0.15) is 11.1 Å². The van der Waals surface area contributed by atoms with E-state index in [-0.39, 0.29) is 18.0 Å². The SMILES string of the molecule is O=c1cc(Nc2ccccc2)n(-c2ccccc2)c2nc(NCc3ccccc3)cc(C(F)(F)F)c12. The van der Waals surface area contributed by atoms with Gasteiger partial charge < -0.3 is 10.6 Å². The van der Waals surface area contributed by atoms with Crippen molar-refractivity contribution in [1.29, 1.82) is 0 Å². The molecule has 5 aromatic rings. The summed E-state index contributed by atoms with van der Waals surface area (Å²) in [5.41, 5.74) is 0.205. The monoisotopic (exact) mass is 486 g/mol. The molecule has 36 heavy (non-hydrogen) atoms. The summed E-state index contributed by atoms with van der Waals surface area (Å²) >= 11 is 0. The minimum Gasteiger partial charge on any atom is -0.366 e. The first kappa shape index (κ1) is 23.2. The third kappa shape index (κ3) is 4.79. The Balaban J connectivity index is 1.75. The maximum Gasteiger partial charge on any atom is 0.417 e. The van der Waals surface area contributed by atoms with Gasteiger partial charge in [0.05, 0.1) is 10.9 Å². The van der Waals surface area contributed by atoms with Gasteiger partial charge in [0.15, 0.2) is 11.1 Å². The lowest BCUT2D eigenvalue weighted by molar-refractivity contribution is -0.136. The van der Waals surface area contributed by atoms with Gasteiger partial charge in [-0.25, -0.2) is 4.98 Å². The van der Waals surface area contributed by atoms with Crippen LogP contribution in [0.3, 0.4) is 0 Å². The van der Waals surface area contributed by atoms with Crippen LogP contribution < -0.4 is 16.1 Å². The zero-order valence-electron chi connectivity index (χ0n) is 19.0. The molecule has 2 N–H and O–H groups in total. The predicted molar refractivity (Wildman–Crippen MR) is 136 cm³/mol. The second-order valence-corrected chi connectivity index (χ2v) is 8.15. The third-order valence-electron chi connectivity index (χ3n) is 5.65. The first-order valence-corrected chi connectivity index (χ1v) is 11.2. The number of fused-ring (bicyclic) bond motifs is 1. The Bertz CT molecular complexity index is 1550. The van der Waals surface area contributed by atoms with E-state index in [4.69, 9.17) is 0 Å². The van der Waals surface area contributed by atoms with Gasteiger partial charge in [0.2, 0.25) is 0 Å². The molecular formula is C28H21F3N4O. The van der Waals surface area contributed by atoms with E-state index in [2.05, 4.69) is 15.6 Å². The first-order chi connectivity index (χ1) is 17.4. The topological polar surface area (TPSA) is 59.0 Å². The summed E-state index contributed by atoms with van der Waals surface area (Å²) in [6, 6.07) is 29.3. The van der Waals surface area contributed by atoms with E-state index in [1.54, 1.807) is 42.5 Å². The van der Waals surface area contributed by atoms with E-state index in [1.165, 1.54) is 10.6 Å². The second-order valence-electron chi connectivity index (χ2n) is 8.15. The number of alkyl halides is 3. The van der Waals surface area contributed by atoms with Crippen LogP contribution >= 0.6 is 0 Å². The molecule has 0 radical (unpaired) electrons. The summed E-state index contributed by atoms with van der Waals surface area (Å²) in [4.78, 5) is 17.6. The van der Waals surface area contributed by atoms with Gasteiger partial charge in [-0.15, -0.1) is 0 Å². The summed E-state index contributed by atoms with van der Waals surface area (Å²) in [5.74, 6) is 0.311. The van der Waals surface area contributed by atoms with Gasteiger partial charge >= 0.3 is 6.18 Å². The molecule has 0 saturated carbocycles. The van der Waals surface area contributed by atoms with Crippen LogP contribution in [-0.2, 0) is 12.7 Å². The second kappa shape index (κ2) is 9.58. The van der Waals surface area contributed by atoms with E-state index in [0.29, 0.717) is 17.2 Å². The van der Waals surface area contributed by atoms with Crippen LogP contribution in [0.25, 0.3) is 16.7 Å². The quantitative estimate of drug-likeness (QED) is 0.278. The Kier molecular flexibility index (Phi) is 6.16. The largest absolute Gasteiger partial charge is 0.417 e. The molecule has 0 aliphatic carbocycles. The number of rotatable bonds is 6. The van der Waals surface area contributed by atoms with Crippen molar-refractivity contribution in [2.45, 2.75) is 12.7 Å². The Labute approximate surface area is 204 Å². The highest BCUT2D eigenvalue weighted by molar-refractivity contribution is 5.86. The maximum atomic E-state index is 14.2. The first-order valence-electron chi connectivity index (χ1n) is 11.2. The molecule has 0 amide bonds. The molecule has 0 fully saturated rings. The minimum atomic E-state index is -4.76. The van der Waals surface area contributed by atoms with Gasteiger partial charge in [-0.3, -0.25) is 9.36 Å². The maximum absolute atomic E-state index is 14.2. The highest BCUT2D eigenvalue weighted by Crippen LogP contribution is 2.36. The predicted octanol–water partition coefficient (Wildman–Crippen LogP) is 6.76. The molecule has 180 valence electrons. The van der Waals surface area contributed by atoms with Crippen molar-refractivity contribution in [2.24, 2.45) is 0 Å². The molecule has 5 rings (SSSR count). The number of benzene rings is 3. The fraction of sp³-hybridized carbons (Fsp3) is 0.0714. The van der Waals surface area contributed by atoms with E-state index in [0.717, 1.165) is 11.6 Å². The zero-order valence-corrected chi connectivity index (χ0v) is 19.0. The Hall–Kier alpha value is -4.59. The van der Waals surface area contributed by atoms with Gasteiger partial charge in [-0.2, -0.15) is 13.2 Å². The van der Waals surface area contributed by atoms with Gasteiger partial charge in [-0.1, -0.05) is 66.7 Å². The molecule has 2 heterocycles. The molecule has 0 unspecified atom stereocenters. The number of halogens is 3. The highest BCUT2D eigenvalue weighted by Gasteiger charge is 2.35. The number of hydrogen-bond acceptors (Lipinski definition) is 4. The number of para-hydroxylation sites is 2. The number of nitrogens with one attached hydrogen (secondary N) is 2. The minimum absolute atomic E-state index is 0.0135. The molecular weight excluding hydrogens is 465 g/mol. The standard InChI is InChI=1S/C28H21F3N4O/c29-28(30,31)22-16-24(32-18-19-10-4-1-5-11-19)34-27-26(22)23(36)17-25(33-20-12-6-2-7-13-20)35(27)21-14-8-3-9-15-21/h1-17,33H,18H2,(H,32,34). The Morgan fingerprint density at radius 1 is 0.806 bits per heavy atom. The Morgan fingerprint density at radius 2 is 1.42 bits per heavy atom. The van der Waals surface area contributed by atoms with E-state index in [9.17, 15) is 18.0 Å². The van der Waals surface area contributed by atoms with Crippen LogP contribution in [0.4, 0.5) is 30.5 Å². The molecule has 0 bridgehead atoms. The third-order valence-corrected chi connectivity index (χ3v) is 5.65. The van der Waals surface area contributed by atoms with Crippen molar-refractivity contribution < 1.29 is 13.2 Å². The van der Waals surface area contributed by atoms with E-state index >= 15 is 0 Å². The van der Waals surface area contributed by atoms with Crippen molar-refractivity contribution in [1.82, 2.24) is 9.55 Å². The fourth-order valence-corrected chi connectivity index (χ4v) is 4.01. The smallest absolute Gasteiger partial charge is 0.366 e. The lowest BCUT2D eigenvalue weighted by Crippen LogP contribution is -2.19. The molecule has 5 nitrogen and oxygen atoms in total. The molecule has 0 aliphatic rings. The molecule has 0 atom stereocenters. The average Bonchev–Trinajstić information content (AvgIpc) is 2.88. The van der Waals surface area contributed by atoms with Gasteiger partial charge in [0.25, 0.3) is 0 Å². The molecule has 8 heteroatoms. The van der Waals surface area contributed by atoms with Crippen molar-refractivity contribution in [2.75, 3.05) is 10.6 Å². The molecule has 3 aromatic carbocycles. The summed E-state index contributed by atoms with van der Waals surface area (Å²) in [6.45, 7) is 0.272. The van der Waals surface area contributed by atoms with E-state index < -0.39 is 22.6 Å². The molecule has 0 aliphatic heterocycles. The zero-order chi connectivity index (χ0) is 25.1. The van der Waals surface area contributed by atoms with E-state index in [1.807, 2.05) is 48.5 Å². The molecule has 2 aromatic heterocycles. The highest BCUT2D eigenvalue weighted by atomic mass is 19.4.